The summed E-state index contributed by atoms with van der Waals surface area (Å²) in [5.74, 6) is -1.11. The van der Waals surface area contributed by atoms with E-state index < -0.39 is 11.8 Å². The van der Waals surface area contributed by atoms with E-state index in [1.807, 2.05) is 0 Å². The summed E-state index contributed by atoms with van der Waals surface area (Å²) >= 11 is 5.80. The van der Waals surface area contributed by atoms with Gasteiger partial charge in [-0.25, -0.2) is 9.18 Å². The molecule has 2 rings (SSSR count). The molecule has 0 fully saturated rings. The van der Waals surface area contributed by atoms with Gasteiger partial charge in [-0.1, -0.05) is 23.7 Å². The molecule has 2 aromatic carbocycles. The van der Waals surface area contributed by atoms with E-state index in [1.54, 1.807) is 37.4 Å². The number of hydrogen-bond donors (Lipinski definition) is 0. The lowest BCUT2D eigenvalue weighted by atomic mass is 10.1. The minimum atomic E-state index is -0.597. The van der Waals surface area contributed by atoms with Crippen LogP contribution in [-0.2, 0) is 4.74 Å². The van der Waals surface area contributed by atoms with Gasteiger partial charge in [-0.05, 0) is 42.8 Å². The van der Waals surface area contributed by atoms with Gasteiger partial charge in [0, 0.05) is 11.2 Å². The highest BCUT2D eigenvalue weighted by Gasteiger charge is 2.13. The zero-order chi connectivity index (χ0) is 15.2. The van der Waals surface area contributed by atoms with Crippen LogP contribution in [0.2, 0.25) is 5.02 Å². The molecule has 5 heteroatoms. The van der Waals surface area contributed by atoms with Crippen molar-refractivity contribution in [3.05, 3.63) is 64.4 Å². The van der Waals surface area contributed by atoms with E-state index in [9.17, 15) is 9.18 Å². The van der Waals surface area contributed by atoms with Crippen molar-refractivity contribution in [1.82, 2.24) is 0 Å². The molecule has 0 aromatic heterocycles. The number of hydrogen-bond acceptors (Lipinski definition) is 3. The van der Waals surface area contributed by atoms with Crippen LogP contribution >= 0.6 is 11.6 Å². The molecule has 0 amide bonds. The molecule has 0 bridgehead atoms. The summed E-state index contributed by atoms with van der Waals surface area (Å²) in [7, 11) is 0. The number of halogens is 2. The number of nitrogens with zero attached hydrogens (tertiary/aromatic N) is 1. The van der Waals surface area contributed by atoms with Crippen LogP contribution in [0, 0.1) is 5.82 Å². The Morgan fingerprint density at radius 1 is 1.29 bits per heavy atom. The van der Waals surface area contributed by atoms with Gasteiger partial charge >= 0.3 is 5.97 Å². The van der Waals surface area contributed by atoms with Gasteiger partial charge in [0.15, 0.2) is 0 Å². The van der Waals surface area contributed by atoms with Gasteiger partial charge in [0.1, 0.15) is 5.82 Å². The second-order valence-corrected chi connectivity index (χ2v) is 4.63. The van der Waals surface area contributed by atoms with Crippen molar-refractivity contribution < 1.29 is 13.9 Å². The van der Waals surface area contributed by atoms with E-state index in [0.29, 0.717) is 10.7 Å². The fourth-order valence-corrected chi connectivity index (χ4v) is 1.81. The quantitative estimate of drug-likeness (QED) is 0.620. The second kappa shape index (κ2) is 6.99. The molecule has 108 valence electrons. The van der Waals surface area contributed by atoms with Crippen LogP contribution < -0.4 is 0 Å². The van der Waals surface area contributed by atoms with Crippen molar-refractivity contribution in [2.45, 2.75) is 6.92 Å². The summed E-state index contributed by atoms with van der Waals surface area (Å²) in [6, 6.07) is 10.9. The van der Waals surface area contributed by atoms with Crippen LogP contribution in [0.15, 0.2) is 47.5 Å². The first-order valence-electron chi connectivity index (χ1n) is 6.36. The van der Waals surface area contributed by atoms with Crippen LogP contribution in [0.25, 0.3) is 0 Å². The van der Waals surface area contributed by atoms with Gasteiger partial charge in [-0.3, -0.25) is 4.99 Å². The summed E-state index contributed by atoms with van der Waals surface area (Å²) in [5, 5.41) is 0.626. The lowest BCUT2D eigenvalue weighted by Crippen LogP contribution is -2.05. The van der Waals surface area contributed by atoms with Crippen LogP contribution in [0.5, 0.6) is 0 Å². The van der Waals surface area contributed by atoms with Gasteiger partial charge < -0.3 is 4.74 Å². The zero-order valence-electron chi connectivity index (χ0n) is 11.3. The number of carbonyl (C=O) groups is 1. The van der Waals surface area contributed by atoms with Crippen LogP contribution in [0.3, 0.4) is 0 Å². The Bertz CT molecular complexity index is 668. The third-order valence-corrected chi connectivity index (χ3v) is 2.93. The van der Waals surface area contributed by atoms with Crippen molar-refractivity contribution in [2.75, 3.05) is 6.61 Å². The molecular formula is C16H13ClFNO2. The molecule has 0 aliphatic carbocycles. The van der Waals surface area contributed by atoms with Gasteiger partial charge in [0.05, 0.1) is 17.9 Å². The Labute approximate surface area is 127 Å². The number of aliphatic imine (C=N–C) groups is 1. The number of benzene rings is 2. The average Bonchev–Trinajstić information content (AvgIpc) is 2.48. The highest BCUT2D eigenvalue weighted by Crippen LogP contribution is 2.21. The Kier molecular flexibility index (Phi) is 5.06. The van der Waals surface area contributed by atoms with E-state index in [2.05, 4.69) is 4.99 Å². The molecule has 0 heterocycles. The fraction of sp³-hybridized carbons (Fsp3) is 0.125. The molecule has 0 spiro atoms. The zero-order valence-corrected chi connectivity index (χ0v) is 12.1. The predicted octanol–water partition coefficient (Wildman–Crippen LogP) is 4.41. The SMILES string of the molecule is CCOC(=O)c1cc(F)ccc1N=Cc1ccc(Cl)cc1. The molecule has 0 N–H and O–H groups in total. The molecule has 0 saturated carbocycles. The molecular weight excluding hydrogens is 293 g/mol. The maximum absolute atomic E-state index is 13.3. The van der Waals surface area contributed by atoms with E-state index >= 15 is 0 Å². The van der Waals surface area contributed by atoms with Crippen molar-refractivity contribution in [3.8, 4) is 0 Å². The predicted molar refractivity (Wildman–Crippen MR) is 81.1 cm³/mol. The van der Waals surface area contributed by atoms with Crippen molar-refractivity contribution in [1.29, 1.82) is 0 Å². The number of esters is 1. The van der Waals surface area contributed by atoms with Crippen LogP contribution in [0.1, 0.15) is 22.8 Å². The van der Waals surface area contributed by atoms with Gasteiger partial charge in [0.2, 0.25) is 0 Å². The lowest BCUT2D eigenvalue weighted by molar-refractivity contribution is 0.0527. The van der Waals surface area contributed by atoms with Crippen LogP contribution in [-0.4, -0.2) is 18.8 Å². The first-order chi connectivity index (χ1) is 10.1. The first-order valence-corrected chi connectivity index (χ1v) is 6.74. The Balaban J connectivity index is 2.30. The minimum absolute atomic E-state index is 0.0991. The molecule has 3 nitrogen and oxygen atoms in total. The van der Waals surface area contributed by atoms with E-state index in [-0.39, 0.29) is 12.2 Å². The Morgan fingerprint density at radius 2 is 2.00 bits per heavy atom. The van der Waals surface area contributed by atoms with Gasteiger partial charge in [-0.2, -0.15) is 0 Å². The first kappa shape index (κ1) is 15.2. The minimum Gasteiger partial charge on any atom is -0.462 e. The molecule has 0 aliphatic heterocycles. The van der Waals surface area contributed by atoms with Crippen molar-refractivity contribution in [3.63, 3.8) is 0 Å². The third-order valence-electron chi connectivity index (χ3n) is 2.68. The number of rotatable bonds is 4. The largest absolute Gasteiger partial charge is 0.462 e. The standard InChI is InChI=1S/C16H13ClFNO2/c1-2-21-16(20)14-9-13(18)7-8-15(14)19-10-11-3-5-12(17)6-4-11/h3-10H,2H2,1H3. The fourth-order valence-electron chi connectivity index (χ4n) is 1.69. The summed E-state index contributed by atoms with van der Waals surface area (Å²) in [6.07, 6.45) is 1.58. The molecule has 2 aromatic rings. The molecule has 0 radical (unpaired) electrons. The smallest absolute Gasteiger partial charge is 0.340 e. The molecule has 0 aliphatic rings. The molecule has 0 unspecified atom stereocenters. The summed E-state index contributed by atoms with van der Waals surface area (Å²) in [4.78, 5) is 16.0. The lowest BCUT2D eigenvalue weighted by Gasteiger charge is -2.05. The topological polar surface area (TPSA) is 38.7 Å². The summed E-state index contributed by atoms with van der Waals surface area (Å²) < 4.78 is 18.2. The monoisotopic (exact) mass is 305 g/mol. The van der Waals surface area contributed by atoms with E-state index in [4.69, 9.17) is 16.3 Å². The van der Waals surface area contributed by atoms with E-state index in [0.717, 1.165) is 11.6 Å². The second-order valence-electron chi connectivity index (χ2n) is 4.19. The third kappa shape index (κ3) is 4.13. The number of carbonyl (C=O) groups excluding carboxylic acids is 1. The highest BCUT2D eigenvalue weighted by atomic mass is 35.5. The Hall–Kier alpha value is -2.20. The van der Waals surface area contributed by atoms with E-state index in [1.165, 1.54) is 12.1 Å². The summed E-state index contributed by atoms with van der Waals surface area (Å²) in [6.45, 7) is 1.91. The molecule has 21 heavy (non-hydrogen) atoms. The van der Waals surface area contributed by atoms with Crippen molar-refractivity contribution >= 4 is 29.5 Å². The van der Waals surface area contributed by atoms with Crippen LogP contribution in [0.4, 0.5) is 10.1 Å². The molecule has 0 atom stereocenters. The number of ether oxygens (including phenoxy) is 1. The maximum Gasteiger partial charge on any atom is 0.340 e. The van der Waals surface area contributed by atoms with Gasteiger partial charge in [0.25, 0.3) is 0 Å². The maximum atomic E-state index is 13.3. The Morgan fingerprint density at radius 3 is 2.67 bits per heavy atom. The molecule has 0 saturated heterocycles. The average molecular weight is 306 g/mol. The van der Waals surface area contributed by atoms with Gasteiger partial charge in [-0.15, -0.1) is 0 Å². The highest BCUT2D eigenvalue weighted by molar-refractivity contribution is 6.30. The summed E-state index contributed by atoms with van der Waals surface area (Å²) in [5.41, 5.74) is 1.27. The van der Waals surface area contributed by atoms with Crippen molar-refractivity contribution in [2.24, 2.45) is 4.99 Å². The normalized spacial score (nSPS) is 10.8.